The molecule has 1 aliphatic heterocycles. The molecule has 1 fully saturated rings. The van der Waals surface area contributed by atoms with Crippen molar-refractivity contribution in [3.8, 4) is 0 Å². The summed E-state index contributed by atoms with van der Waals surface area (Å²) in [7, 11) is 1.89. The first-order valence-corrected chi connectivity index (χ1v) is 10.3. The standard InChI is InChI=1S/C19H32N4S/c1-16-8-7-9-18(17(16)2)22-11-13-23(14-12-22)19(20-3)21-10-5-6-15-24-4/h7-9H,5-6,10-15H2,1-4H3,(H,20,21). The number of thioether (sulfide) groups is 1. The lowest BCUT2D eigenvalue weighted by Gasteiger charge is -2.38. The van der Waals surface area contributed by atoms with Crippen LogP contribution in [0.4, 0.5) is 5.69 Å². The summed E-state index contributed by atoms with van der Waals surface area (Å²) in [5.74, 6) is 2.30. The van der Waals surface area contributed by atoms with Gasteiger partial charge in [-0.3, -0.25) is 4.99 Å². The zero-order chi connectivity index (χ0) is 17.4. The molecular weight excluding hydrogens is 316 g/mol. The second-order valence-electron chi connectivity index (χ2n) is 6.37. The van der Waals surface area contributed by atoms with E-state index in [0.717, 1.165) is 38.7 Å². The summed E-state index contributed by atoms with van der Waals surface area (Å²) in [4.78, 5) is 9.36. The fourth-order valence-electron chi connectivity index (χ4n) is 3.14. The normalized spacial score (nSPS) is 15.8. The second kappa shape index (κ2) is 9.82. The number of anilines is 1. The minimum atomic E-state index is 1.02. The van der Waals surface area contributed by atoms with Gasteiger partial charge in [0.05, 0.1) is 0 Å². The molecule has 1 aromatic rings. The lowest BCUT2D eigenvalue weighted by atomic mass is 10.1. The van der Waals surface area contributed by atoms with E-state index in [4.69, 9.17) is 0 Å². The van der Waals surface area contributed by atoms with Gasteiger partial charge in [-0.1, -0.05) is 12.1 Å². The van der Waals surface area contributed by atoms with Crippen molar-refractivity contribution in [2.45, 2.75) is 26.7 Å². The number of aliphatic imine (C=N–C) groups is 1. The maximum atomic E-state index is 4.47. The molecule has 1 aromatic carbocycles. The topological polar surface area (TPSA) is 30.9 Å². The minimum absolute atomic E-state index is 1.02. The average molecular weight is 349 g/mol. The number of unbranched alkanes of at least 4 members (excludes halogenated alkanes) is 1. The third-order valence-corrected chi connectivity index (χ3v) is 5.46. The van der Waals surface area contributed by atoms with Gasteiger partial charge in [-0.2, -0.15) is 11.8 Å². The highest BCUT2D eigenvalue weighted by molar-refractivity contribution is 7.98. The number of hydrogen-bond acceptors (Lipinski definition) is 3. The number of benzene rings is 1. The van der Waals surface area contributed by atoms with E-state index in [1.54, 1.807) is 0 Å². The summed E-state index contributed by atoms with van der Waals surface area (Å²) in [6, 6.07) is 6.60. The molecule has 1 aliphatic rings. The Kier molecular flexibility index (Phi) is 7.76. The smallest absolute Gasteiger partial charge is 0.193 e. The van der Waals surface area contributed by atoms with E-state index >= 15 is 0 Å². The molecule has 134 valence electrons. The number of guanidine groups is 1. The molecule has 0 bridgehead atoms. The Bertz CT molecular complexity index is 536. The van der Waals surface area contributed by atoms with Crippen LogP contribution in [0.25, 0.3) is 0 Å². The molecule has 24 heavy (non-hydrogen) atoms. The molecule has 0 aromatic heterocycles. The summed E-state index contributed by atoms with van der Waals surface area (Å²) < 4.78 is 0. The number of aryl methyl sites for hydroxylation is 1. The lowest BCUT2D eigenvalue weighted by molar-refractivity contribution is 0.372. The van der Waals surface area contributed by atoms with Gasteiger partial charge in [-0.25, -0.2) is 0 Å². The quantitative estimate of drug-likeness (QED) is 0.486. The molecule has 0 atom stereocenters. The highest BCUT2D eigenvalue weighted by Crippen LogP contribution is 2.23. The Hall–Kier alpha value is -1.36. The maximum Gasteiger partial charge on any atom is 0.193 e. The fraction of sp³-hybridized carbons (Fsp3) is 0.632. The van der Waals surface area contributed by atoms with Crippen molar-refractivity contribution in [2.75, 3.05) is 56.7 Å². The van der Waals surface area contributed by atoms with Gasteiger partial charge in [0.2, 0.25) is 0 Å². The number of rotatable bonds is 6. The lowest BCUT2D eigenvalue weighted by Crippen LogP contribution is -2.52. The first kappa shape index (κ1) is 19.0. The molecule has 0 amide bonds. The average Bonchev–Trinajstić information content (AvgIpc) is 2.61. The van der Waals surface area contributed by atoms with Crippen LogP contribution in [-0.2, 0) is 0 Å². The van der Waals surface area contributed by atoms with Crippen LogP contribution in [0.5, 0.6) is 0 Å². The Balaban J connectivity index is 1.83. The van der Waals surface area contributed by atoms with Gasteiger partial charge in [-0.05, 0) is 55.9 Å². The summed E-state index contributed by atoms with van der Waals surface area (Å²) in [6.45, 7) is 9.60. The summed E-state index contributed by atoms with van der Waals surface area (Å²) in [5, 5.41) is 3.52. The molecule has 0 spiro atoms. The molecule has 0 aliphatic carbocycles. The van der Waals surface area contributed by atoms with E-state index in [-0.39, 0.29) is 0 Å². The molecule has 1 heterocycles. The van der Waals surface area contributed by atoms with Crippen LogP contribution in [0.1, 0.15) is 24.0 Å². The molecule has 1 saturated heterocycles. The first-order valence-electron chi connectivity index (χ1n) is 8.93. The van der Waals surface area contributed by atoms with Crippen LogP contribution in [0, 0.1) is 13.8 Å². The van der Waals surface area contributed by atoms with Crippen LogP contribution in [-0.4, -0.2) is 62.6 Å². The minimum Gasteiger partial charge on any atom is -0.368 e. The Morgan fingerprint density at radius 3 is 2.58 bits per heavy atom. The Morgan fingerprint density at radius 2 is 1.92 bits per heavy atom. The van der Waals surface area contributed by atoms with E-state index in [2.05, 4.69) is 58.4 Å². The van der Waals surface area contributed by atoms with Gasteiger partial charge >= 0.3 is 0 Å². The third-order valence-electron chi connectivity index (χ3n) is 4.77. The van der Waals surface area contributed by atoms with Crippen molar-refractivity contribution in [3.05, 3.63) is 29.3 Å². The number of nitrogens with zero attached hydrogens (tertiary/aromatic N) is 3. The number of hydrogen-bond donors (Lipinski definition) is 1. The number of nitrogens with one attached hydrogen (secondary N) is 1. The van der Waals surface area contributed by atoms with Crippen LogP contribution < -0.4 is 10.2 Å². The second-order valence-corrected chi connectivity index (χ2v) is 7.35. The van der Waals surface area contributed by atoms with Crippen molar-refractivity contribution >= 4 is 23.4 Å². The van der Waals surface area contributed by atoms with Crippen molar-refractivity contribution in [3.63, 3.8) is 0 Å². The van der Waals surface area contributed by atoms with Crippen molar-refractivity contribution in [1.82, 2.24) is 10.2 Å². The molecule has 1 N–H and O–H groups in total. The van der Waals surface area contributed by atoms with Gasteiger partial charge in [-0.15, -0.1) is 0 Å². The first-order chi connectivity index (χ1) is 11.7. The fourth-order valence-corrected chi connectivity index (χ4v) is 3.63. The third kappa shape index (κ3) is 5.07. The predicted octanol–water partition coefficient (Wildman–Crippen LogP) is 3.14. The Morgan fingerprint density at radius 1 is 1.17 bits per heavy atom. The summed E-state index contributed by atoms with van der Waals surface area (Å²) in [5.41, 5.74) is 4.16. The molecule has 0 saturated carbocycles. The van der Waals surface area contributed by atoms with Gasteiger partial charge in [0.25, 0.3) is 0 Å². The van der Waals surface area contributed by atoms with E-state index in [0.29, 0.717) is 0 Å². The monoisotopic (exact) mass is 348 g/mol. The molecule has 0 unspecified atom stereocenters. The highest BCUT2D eigenvalue weighted by atomic mass is 32.2. The maximum absolute atomic E-state index is 4.47. The zero-order valence-corrected chi connectivity index (χ0v) is 16.5. The van der Waals surface area contributed by atoms with Gasteiger partial charge in [0.15, 0.2) is 5.96 Å². The van der Waals surface area contributed by atoms with Gasteiger partial charge < -0.3 is 15.1 Å². The van der Waals surface area contributed by atoms with Crippen molar-refractivity contribution in [2.24, 2.45) is 4.99 Å². The van der Waals surface area contributed by atoms with Crippen LogP contribution in [0.2, 0.25) is 0 Å². The van der Waals surface area contributed by atoms with Crippen LogP contribution in [0.3, 0.4) is 0 Å². The number of piperazine rings is 1. The summed E-state index contributed by atoms with van der Waals surface area (Å²) >= 11 is 1.92. The highest BCUT2D eigenvalue weighted by Gasteiger charge is 2.20. The van der Waals surface area contributed by atoms with E-state index in [1.165, 1.54) is 35.4 Å². The Labute approximate surface area is 151 Å². The molecule has 4 nitrogen and oxygen atoms in total. The van der Waals surface area contributed by atoms with E-state index < -0.39 is 0 Å². The molecular formula is C19H32N4S. The zero-order valence-electron chi connectivity index (χ0n) is 15.6. The van der Waals surface area contributed by atoms with Crippen molar-refractivity contribution in [1.29, 1.82) is 0 Å². The SMILES string of the molecule is CN=C(NCCCCSC)N1CCN(c2cccc(C)c2C)CC1. The predicted molar refractivity (Wildman–Crippen MR) is 109 cm³/mol. The van der Waals surface area contributed by atoms with Crippen LogP contribution >= 0.6 is 11.8 Å². The van der Waals surface area contributed by atoms with E-state index in [1.807, 2.05) is 18.8 Å². The van der Waals surface area contributed by atoms with Gasteiger partial charge in [0, 0.05) is 45.5 Å². The van der Waals surface area contributed by atoms with E-state index in [9.17, 15) is 0 Å². The van der Waals surface area contributed by atoms with Crippen LogP contribution in [0.15, 0.2) is 23.2 Å². The molecule has 5 heteroatoms. The van der Waals surface area contributed by atoms with Gasteiger partial charge in [0.1, 0.15) is 0 Å². The largest absolute Gasteiger partial charge is 0.368 e. The van der Waals surface area contributed by atoms with Crippen molar-refractivity contribution < 1.29 is 0 Å². The molecule has 0 radical (unpaired) electrons. The summed E-state index contributed by atoms with van der Waals surface area (Å²) in [6.07, 6.45) is 4.65. The molecule has 2 rings (SSSR count).